The molecule has 1 aliphatic heterocycles. The highest BCUT2D eigenvalue weighted by Crippen LogP contribution is 2.30. The normalized spacial score (nSPS) is 13.7. The summed E-state index contributed by atoms with van der Waals surface area (Å²) in [6.07, 6.45) is 3.03. The van der Waals surface area contributed by atoms with Crippen molar-refractivity contribution in [2.45, 2.75) is 13.5 Å². The third-order valence-electron chi connectivity index (χ3n) is 6.34. The first kappa shape index (κ1) is 24.2. The fraction of sp³-hybridized carbons (Fsp3) is 0.259. The van der Waals surface area contributed by atoms with Gasteiger partial charge in [-0.25, -0.2) is 14.2 Å². The number of benzene rings is 1. The summed E-state index contributed by atoms with van der Waals surface area (Å²) < 4.78 is 25.4. The van der Waals surface area contributed by atoms with E-state index in [4.69, 9.17) is 9.15 Å². The summed E-state index contributed by atoms with van der Waals surface area (Å²) >= 11 is 0. The molecule has 0 saturated carbocycles. The van der Waals surface area contributed by atoms with Crippen molar-refractivity contribution in [2.75, 3.05) is 37.7 Å². The van der Waals surface area contributed by atoms with Gasteiger partial charge in [-0.3, -0.25) is 14.2 Å². The highest BCUT2D eigenvalue weighted by Gasteiger charge is 2.31. The highest BCUT2D eigenvalue weighted by molar-refractivity contribution is 6.04. The molecule has 1 saturated heterocycles. The molecule has 4 heterocycles. The Kier molecular flexibility index (Phi) is 6.72. The van der Waals surface area contributed by atoms with Crippen molar-refractivity contribution >= 4 is 28.6 Å². The number of halogens is 1. The summed E-state index contributed by atoms with van der Waals surface area (Å²) in [5, 5.41) is 0.609. The number of amides is 1. The molecule has 0 unspecified atom stereocenters. The quantitative estimate of drug-likeness (QED) is 0.372. The lowest BCUT2D eigenvalue weighted by Gasteiger charge is -2.37. The molecule has 5 rings (SSSR count). The Morgan fingerprint density at radius 2 is 1.81 bits per heavy atom. The second-order valence-corrected chi connectivity index (χ2v) is 8.59. The van der Waals surface area contributed by atoms with Crippen LogP contribution >= 0.6 is 0 Å². The highest BCUT2D eigenvalue weighted by atomic mass is 19.1. The van der Waals surface area contributed by atoms with Crippen molar-refractivity contribution in [1.82, 2.24) is 14.5 Å². The molecular formula is C27H25FN4O5. The average molecular weight is 505 g/mol. The van der Waals surface area contributed by atoms with Crippen LogP contribution in [0.25, 0.3) is 11.0 Å². The first-order chi connectivity index (χ1) is 18.0. The molecule has 1 aromatic carbocycles. The van der Waals surface area contributed by atoms with Crippen LogP contribution in [0.5, 0.6) is 0 Å². The number of anilines is 1. The molecule has 37 heavy (non-hydrogen) atoms. The van der Waals surface area contributed by atoms with Gasteiger partial charge in [-0.15, -0.1) is 0 Å². The Hall–Kier alpha value is -4.47. The molecule has 0 N–H and O–H groups in total. The van der Waals surface area contributed by atoms with Crippen molar-refractivity contribution in [1.29, 1.82) is 0 Å². The Bertz CT molecular complexity index is 1490. The van der Waals surface area contributed by atoms with E-state index in [9.17, 15) is 18.8 Å². The molecule has 0 aliphatic carbocycles. The van der Waals surface area contributed by atoms with Crippen LogP contribution in [-0.4, -0.2) is 59.1 Å². The Morgan fingerprint density at radius 3 is 2.49 bits per heavy atom. The summed E-state index contributed by atoms with van der Waals surface area (Å²) in [7, 11) is 0. The van der Waals surface area contributed by atoms with Crippen LogP contribution in [0.3, 0.4) is 0 Å². The van der Waals surface area contributed by atoms with E-state index in [0.717, 1.165) is 0 Å². The lowest BCUT2D eigenvalue weighted by atomic mass is 10.1. The second kappa shape index (κ2) is 10.3. The predicted molar refractivity (Wildman–Crippen MR) is 134 cm³/mol. The van der Waals surface area contributed by atoms with Crippen LogP contribution in [0.1, 0.15) is 33.4 Å². The van der Waals surface area contributed by atoms with Gasteiger partial charge in [0.2, 0.25) is 0 Å². The molecule has 0 radical (unpaired) electrons. The molecule has 0 bridgehead atoms. The number of hydrogen-bond donors (Lipinski definition) is 0. The lowest BCUT2D eigenvalue weighted by Crippen LogP contribution is -2.49. The van der Waals surface area contributed by atoms with Crippen molar-refractivity contribution in [3.05, 3.63) is 94.0 Å². The number of esters is 1. The number of hydrogen-bond acceptors (Lipinski definition) is 7. The van der Waals surface area contributed by atoms with Crippen molar-refractivity contribution < 1.29 is 23.1 Å². The number of pyridine rings is 2. The van der Waals surface area contributed by atoms with Gasteiger partial charge in [0.25, 0.3) is 11.5 Å². The van der Waals surface area contributed by atoms with Crippen molar-refractivity contribution in [3.8, 4) is 0 Å². The van der Waals surface area contributed by atoms with Gasteiger partial charge < -0.3 is 19.0 Å². The van der Waals surface area contributed by atoms with Gasteiger partial charge in [-0.2, -0.15) is 0 Å². The monoisotopic (exact) mass is 504 g/mol. The SMILES string of the molecule is CCOC(=O)c1c(N2CCN(C(=O)c3ccco3)CC2)c2cccnc2n(Cc2ccc(F)cc2)c1=O. The zero-order chi connectivity index (χ0) is 25.9. The maximum absolute atomic E-state index is 13.8. The van der Waals surface area contributed by atoms with Gasteiger partial charge in [-0.05, 0) is 48.9 Å². The van der Waals surface area contributed by atoms with Crippen molar-refractivity contribution in [3.63, 3.8) is 0 Å². The number of piperazine rings is 1. The molecule has 1 fully saturated rings. The fourth-order valence-corrected chi connectivity index (χ4v) is 4.59. The Balaban J connectivity index is 1.57. The smallest absolute Gasteiger partial charge is 0.345 e. The maximum Gasteiger partial charge on any atom is 0.345 e. The van der Waals surface area contributed by atoms with E-state index in [1.54, 1.807) is 54.4 Å². The van der Waals surface area contributed by atoms with Crippen LogP contribution < -0.4 is 10.5 Å². The number of aromatic nitrogens is 2. The summed E-state index contributed by atoms with van der Waals surface area (Å²) in [5.41, 5.74) is 0.886. The summed E-state index contributed by atoms with van der Waals surface area (Å²) in [4.78, 5) is 47.7. The van der Waals surface area contributed by atoms with Crippen LogP contribution in [0, 0.1) is 5.82 Å². The van der Waals surface area contributed by atoms with E-state index >= 15 is 0 Å². The van der Waals surface area contributed by atoms with Gasteiger partial charge >= 0.3 is 5.97 Å². The Morgan fingerprint density at radius 1 is 1.05 bits per heavy atom. The molecule has 1 amide bonds. The number of carbonyl (C=O) groups is 2. The molecular weight excluding hydrogens is 479 g/mol. The third kappa shape index (κ3) is 4.69. The van der Waals surface area contributed by atoms with Gasteiger partial charge in [0, 0.05) is 37.8 Å². The molecule has 1 aliphatic rings. The molecule has 190 valence electrons. The van der Waals surface area contributed by atoms with E-state index in [1.807, 2.05) is 4.90 Å². The summed E-state index contributed by atoms with van der Waals surface area (Å²) in [6, 6.07) is 12.6. The van der Waals surface area contributed by atoms with Crippen LogP contribution in [0.2, 0.25) is 0 Å². The van der Waals surface area contributed by atoms with Crippen LogP contribution in [0.15, 0.2) is 70.2 Å². The molecule has 3 aromatic heterocycles. The summed E-state index contributed by atoms with van der Waals surface area (Å²) in [5.74, 6) is -1.06. The van der Waals surface area contributed by atoms with Gasteiger partial charge in [0.1, 0.15) is 17.0 Å². The van der Waals surface area contributed by atoms with Gasteiger partial charge in [0.15, 0.2) is 5.76 Å². The molecule has 0 spiro atoms. The van der Waals surface area contributed by atoms with E-state index in [2.05, 4.69) is 4.98 Å². The summed E-state index contributed by atoms with van der Waals surface area (Å²) in [6.45, 7) is 3.42. The zero-order valence-electron chi connectivity index (χ0n) is 20.2. The first-order valence-corrected chi connectivity index (χ1v) is 12.0. The minimum Gasteiger partial charge on any atom is -0.462 e. The minimum atomic E-state index is -0.727. The average Bonchev–Trinajstić information content (AvgIpc) is 3.46. The Labute approximate surface area is 211 Å². The fourth-order valence-electron chi connectivity index (χ4n) is 4.59. The number of carbonyl (C=O) groups excluding carboxylic acids is 2. The number of nitrogens with zero attached hydrogens (tertiary/aromatic N) is 4. The predicted octanol–water partition coefficient (Wildman–Crippen LogP) is 3.32. The largest absolute Gasteiger partial charge is 0.462 e. The first-order valence-electron chi connectivity index (χ1n) is 12.0. The van der Waals surface area contributed by atoms with E-state index in [1.165, 1.54) is 23.0 Å². The topological polar surface area (TPSA) is 97.9 Å². The lowest BCUT2D eigenvalue weighted by molar-refractivity contribution is 0.0523. The standard InChI is InChI=1S/C27H25FN4O5/c1-2-36-27(35)22-23(30-12-14-31(15-13-30)25(33)21-6-4-16-37-21)20-5-3-11-29-24(20)32(26(22)34)17-18-7-9-19(28)10-8-18/h3-11,16H,2,12-15,17H2,1H3. The van der Waals surface area contributed by atoms with Gasteiger partial charge in [0.05, 0.1) is 25.1 Å². The number of furan rings is 1. The van der Waals surface area contributed by atoms with Crippen LogP contribution in [-0.2, 0) is 11.3 Å². The number of rotatable bonds is 6. The molecule has 10 heteroatoms. The number of fused-ring (bicyclic) bond motifs is 1. The molecule has 4 aromatic rings. The zero-order valence-corrected chi connectivity index (χ0v) is 20.2. The van der Waals surface area contributed by atoms with E-state index in [0.29, 0.717) is 48.5 Å². The van der Waals surface area contributed by atoms with Gasteiger partial charge in [-0.1, -0.05) is 12.1 Å². The van der Waals surface area contributed by atoms with Crippen molar-refractivity contribution in [2.24, 2.45) is 0 Å². The van der Waals surface area contributed by atoms with E-state index < -0.39 is 11.5 Å². The molecule has 0 atom stereocenters. The third-order valence-corrected chi connectivity index (χ3v) is 6.34. The van der Waals surface area contributed by atoms with Crippen LogP contribution in [0.4, 0.5) is 10.1 Å². The number of ether oxygens (including phenoxy) is 1. The van der Waals surface area contributed by atoms with E-state index in [-0.39, 0.29) is 36.2 Å². The maximum atomic E-state index is 13.8. The second-order valence-electron chi connectivity index (χ2n) is 8.59. The molecule has 9 nitrogen and oxygen atoms in total. The minimum absolute atomic E-state index is 0.0877.